The summed E-state index contributed by atoms with van der Waals surface area (Å²) in [5.41, 5.74) is 2.09. The van der Waals surface area contributed by atoms with Crippen molar-refractivity contribution in [1.82, 2.24) is 19.7 Å². The molecule has 358 valence electrons. The Bertz CT molecular complexity index is 2410. The van der Waals surface area contributed by atoms with Gasteiger partial charge in [0.05, 0.1) is 34.7 Å². The summed E-state index contributed by atoms with van der Waals surface area (Å²) in [4.78, 5) is 2.37. The minimum absolute atomic E-state index is 0.120. The second kappa shape index (κ2) is 23.4. The van der Waals surface area contributed by atoms with E-state index in [1.54, 1.807) is 18.2 Å². The first-order valence-corrected chi connectivity index (χ1v) is 28.5. The van der Waals surface area contributed by atoms with Gasteiger partial charge < -0.3 is 14.8 Å². The fourth-order valence-electron chi connectivity index (χ4n) is 9.04. The van der Waals surface area contributed by atoms with Crippen molar-refractivity contribution >= 4 is 65.6 Å². The number of halogens is 3. The van der Waals surface area contributed by atoms with Crippen molar-refractivity contribution in [3.8, 4) is 11.5 Å². The van der Waals surface area contributed by atoms with Gasteiger partial charge in [0.1, 0.15) is 23.1 Å². The van der Waals surface area contributed by atoms with Gasteiger partial charge in [-0.15, -0.1) is 17.9 Å². The van der Waals surface area contributed by atoms with Crippen LogP contribution in [0.25, 0.3) is 0 Å². The molecule has 4 saturated heterocycles. The molecule has 4 aromatic rings. The van der Waals surface area contributed by atoms with E-state index in [2.05, 4.69) is 84.6 Å². The van der Waals surface area contributed by atoms with Crippen LogP contribution in [0, 0.1) is 11.6 Å². The molecule has 2 spiro atoms. The van der Waals surface area contributed by atoms with Crippen LogP contribution in [0.3, 0.4) is 0 Å². The molecule has 2 unspecified atom stereocenters. The monoisotopic (exact) mass is 1040 g/mol. The molecule has 4 aromatic carbocycles. The maximum Gasteiger partial charge on any atom is 0.302 e. The third-order valence-corrected chi connectivity index (χ3v) is 15.4. The number of anilines is 2. The Morgan fingerprint density at radius 2 is 1.18 bits per heavy atom. The molecule has 0 bridgehead atoms. The lowest BCUT2D eigenvalue weighted by atomic mass is 9.83. The van der Waals surface area contributed by atoms with Crippen LogP contribution in [0.4, 0.5) is 20.2 Å². The minimum Gasteiger partial charge on any atom is -0.491 e. The number of alkyl halides is 1. The van der Waals surface area contributed by atoms with Crippen molar-refractivity contribution in [2.75, 3.05) is 34.8 Å². The Hall–Kier alpha value is -2.98. The average molecular weight is 1040 g/mol. The quantitative estimate of drug-likeness (QED) is 0.112. The number of likely N-dealkylation sites (tertiary alicyclic amines) is 1. The van der Waals surface area contributed by atoms with E-state index < -0.39 is 43.1 Å². The summed E-state index contributed by atoms with van der Waals surface area (Å²) in [5, 5.41) is 4.20. The molecule has 4 heterocycles. The lowest BCUT2D eigenvalue weighted by Gasteiger charge is -2.47. The van der Waals surface area contributed by atoms with Gasteiger partial charge >= 0.3 is 20.4 Å². The van der Waals surface area contributed by atoms with Crippen molar-refractivity contribution in [3.05, 3.63) is 120 Å². The van der Waals surface area contributed by atoms with E-state index >= 15 is 0 Å². The van der Waals surface area contributed by atoms with Gasteiger partial charge in [0.2, 0.25) is 0 Å². The molecule has 19 heteroatoms. The largest absolute Gasteiger partial charge is 0.491 e. The number of benzene rings is 4. The van der Waals surface area contributed by atoms with E-state index in [1.807, 2.05) is 58.9 Å². The SMILES string of the molecule is CC(C)Oc1cccc(CBr)c1.CC(C)Oc1cccc(CN2CC[C@]3(CNS(=O)(=O)N3c3cccc(F)c3)C[C@@H]2C)c1.C[C@H]1C[C@]2(CCN1)CNS(=O)(=O)N2c1cccc(F)c1.PP. The minimum atomic E-state index is -3.70. The number of rotatable bonds is 9. The van der Waals surface area contributed by atoms with Crippen LogP contribution >= 0.6 is 33.8 Å². The fraction of sp³-hybridized carbons (Fsp3) is 0.478. The summed E-state index contributed by atoms with van der Waals surface area (Å²) in [7, 11) is -2.63. The Balaban J connectivity index is 0.000000199. The molecular formula is C46H65BrF2N6O6P2S2. The maximum atomic E-state index is 13.9. The number of hydrogen-bond donors (Lipinski definition) is 3. The van der Waals surface area contributed by atoms with Crippen LogP contribution in [0.1, 0.15) is 78.4 Å². The van der Waals surface area contributed by atoms with E-state index in [9.17, 15) is 25.6 Å². The van der Waals surface area contributed by atoms with E-state index in [1.165, 1.54) is 50.1 Å². The number of nitrogens with zero attached hydrogens (tertiary/aromatic N) is 3. The molecule has 8 rings (SSSR count). The summed E-state index contributed by atoms with van der Waals surface area (Å²) in [6.07, 6.45) is 3.11. The summed E-state index contributed by atoms with van der Waals surface area (Å²) in [6, 6.07) is 28.2. The standard InChI is InChI=1S/C23H30FN3O3S.C13H18FN3O2S.C10H13BrO.H4P2/c1-17(2)30-22-9-4-6-19(12-22)15-26-11-10-23(14-18(26)3)16-25-31(28,29)27(23)21-8-5-7-20(24)13-21;1-10-8-13(5-6-15-10)9-16-20(18,19)17(13)12-4-2-3-11(14)7-12;1-8(2)12-10-5-3-4-9(6-10)7-11;1-2/h4-9,12-13,17-18,25H,10-11,14-16H2,1-3H3;2-4,7,10,15-16H,5-6,8-9H2,1H3;3-6,8H,7H2,1-2H3;1-2H2/t18-,23+;10-,13+;;/m00../s1. The molecule has 0 radical (unpaired) electrons. The highest BCUT2D eigenvalue weighted by molar-refractivity contribution is 9.08. The van der Waals surface area contributed by atoms with Gasteiger partial charge in [-0.1, -0.05) is 52.3 Å². The maximum absolute atomic E-state index is 13.9. The van der Waals surface area contributed by atoms with Gasteiger partial charge in [-0.05, 0) is 146 Å². The summed E-state index contributed by atoms with van der Waals surface area (Å²) >= 11 is 3.40. The van der Waals surface area contributed by atoms with E-state index in [4.69, 9.17) is 9.47 Å². The topological polar surface area (TPSA) is 133 Å². The molecule has 12 nitrogen and oxygen atoms in total. The highest BCUT2D eigenvalue weighted by Crippen LogP contribution is 2.42. The summed E-state index contributed by atoms with van der Waals surface area (Å²) < 4.78 is 97.0. The third-order valence-electron chi connectivity index (χ3n) is 11.6. The third kappa shape index (κ3) is 13.8. The molecule has 6 atom stereocenters. The Kier molecular flexibility index (Phi) is 19.0. The van der Waals surface area contributed by atoms with Gasteiger partial charge in [0.15, 0.2) is 0 Å². The van der Waals surface area contributed by atoms with Gasteiger partial charge in [-0.3, -0.25) is 13.5 Å². The van der Waals surface area contributed by atoms with E-state index in [-0.39, 0.29) is 24.3 Å². The molecule has 4 fully saturated rings. The highest BCUT2D eigenvalue weighted by atomic mass is 79.9. The zero-order chi connectivity index (χ0) is 47.6. The lowest BCUT2D eigenvalue weighted by molar-refractivity contribution is 0.106. The predicted octanol–water partition coefficient (Wildman–Crippen LogP) is 8.70. The van der Waals surface area contributed by atoms with Crippen molar-refractivity contribution in [2.24, 2.45) is 0 Å². The first-order valence-electron chi connectivity index (χ1n) is 21.8. The highest BCUT2D eigenvalue weighted by Gasteiger charge is 2.53. The normalized spacial score (nSPS) is 24.4. The second-order valence-corrected chi connectivity index (χ2v) is 21.2. The number of piperidine rings is 2. The Morgan fingerprint density at radius 1 is 0.708 bits per heavy atom. The van der Waals surface area contributed by atoms with Crippen LogP contribution in [0.5, 0.6) is 11.5 Å². The van der Waals surface area contributed by atoms with Crippen LogP contribution in [-0.4, -0.2) is 83.3 Å². The first kappa shape index (κ1) is 53.0. The zero-order valence-corrected chi connectivity index (χ0v) is 43.5. The molecule has 0 aromatic heterocycles. The predicted molar refractivity (Wildman–Crippen MR) is 269 cm³/mol. The molecule has 4 aliphatic heterocycles. The van der Waals surface area contributed by atoms with E-state index in [0.29, 0.717) is 50.1 Å². The van der Waals surface area contributed by atoms with Crippen LogP contribution < -0.4 is 32.8 Å². The first-order chi connectivity index (χ1) is 30.8. The number of nitrogens with one attached hydrogen (secondary N) is 3. The molecular weight excluding hydrogens is 977 g/mol. The average Bonchev–Trinajstić information content (AvgIpc) is 3.65. The molecule has 0 amide bonds. The Labute approximate surface area is 398 Å². The molecule has 65 heavy (non-hydrogen) atoms. The second-order valence-electron chi connectivity index (χ2n) is 17.4. The van der Waals surface area contributed by atoms with Crippen LogP contribution in [-0.2, 0) is 32.3 Å². The smallest absolute Gasteiger partial charge is 0.302 e. The van der Waals surface area contributed by atoms with Crippen LogP contribution in [0.15, 0.2) is 97.1 Å². The van der Waals surface area contributed by atoms with Crippen molar-refractivity contribution < 1.29 is 35.1 Å². The van der Waals surface area contributed by atoms with Gasteiger partial charge in [-0.2, -0.15) is 26.3 Å². The number of hydrogen-bond acceptors (Lipinski definition) is 8. The lowest BCUT2D eigenvalue weighted by Crippen LogP contribution is -2.57. The van der Waals surface area contributed by atoms with Crippen molar-refractivity contribution in [1.29, 1.82) is 0 Å². The molecule has 4 aliphatic rings. The van der Waals surface area contributed by atoms with Crippen molar-refractivity contribution in [2.45, 2.75) is 114 Å². The molecule has 0 saturated carbocycles. The molecule has 0 aliphatic carbocycles. The van der Waals surface area contributed by atoms with Gasteiger partial charge in [-0.25, -0.2) is 8.78 Å². The number of ether oxygens (including phenoxy) is 2. The van der Waals surface area contributed by atoms with E-state index in [0.717, 1.165) is 36.5 Å². The fourth-order valence-corrected chi connectivity index (χ4v) is 12.8. The zero-order valence-electron chi connectivity index (χ0n) is 38.0. The van der Waals surface area contributed by atoms with Gasteiger partial charge in [0.25, 0.3) is 0 Å². The summed E-state index contributed by atoms with van der Waals surface area (Å²) in [6.45, 7) is 15.2. The summed E-state index contributed by atoms with van der Waals surface area (Å²) in [5.74, 6) is 0.935. The molecule has 3 N–H and O–H groups in total. The van der Waals surface area contributed by atoms with Gasteiger partial charge in [0, 0.05) is 43.6 Å². The van der Waals surface area contributed by atoms with Crippen LogP contribution in [0.2, 0.25) is 0 Å². The van der Waals surface area contributed by atoms with Crippen molar-refractivity contribution in [3.63, 3.8) is 0 Å². The Morgan fingerprint density at radius 3 is 1.65 bits per heavy atom.